The van der Waals surface area contributed by atoms with Crippen LogP contribution in [0.4, 0.5) is 11.4 Å². The molecule has 0 saturated carbocycles. The number of hydrogen-bond acceptors (Lipinski definition) is 7. The average molecular weight is 358 g/mol. The first-order valence-corrected chi connectivity index (χ1v) is 7.78. The van der Waals surface area contributed by atoms with Crippen LogP contribution in [0.15, 0.2) is 46.2 Å². The topological polar surface area (TPSA) is 113 Å². The standard InChI is InChI=1S/C16H10N2O6S/c1-24-16-9(6-10(17(20)21)8-12(16)18(22)23)7-14-15(19)11-4-2-3-5-13(11)25-14/h2-8H,1H3/b14-7+. The van der Waals surface area contributed by atoms with E-state index in [2.05, 4.69) is 0 Å². The normalized spacial score (nSPS) is 14.4. The van der Waals surface area contributed by atoms with E-state index in [1.54, 1.807) is 24.3 Å². The van der Waals surface area contributed by atoms with Crippen molar-refractivity contribution >= 4 is 35.0 Å². The number of rotatable bonds is 4. The number of allylic oxidation sites excluding steroid dienone is 1. The molecular weight excluding hydrogens is 348 g/mol. The summed E-state index contributed by atoms with van der Waals surface area (Å²) in [4.78, 5) is 34.3. The van der Waals surface area contributed by atoms with E-state index in [4.69, 9.17) is 4.74 Å². The van der Waals surface area contributed by atoms with Gasteiger partial charge in [-0.3, -0.25) is 25.0 Å². The molecule has 0 spiro atoms. The van der Waals surface area contributed by atoms with Crippen LogP contribution in [-0.2, 0) is 0 Å². The van der Waals surface area contributed by atoms with Crippen LogP contribution in [-0.4, -0.2) is 22.7 Å². The van der Waals surface area contributed by atoms with Gasteiger partial charge in [0.1, 0.15) is 0 Å². The number of thioether (sulfide) groups is 1. The smallest absolute Gasteiger partial charge is 0.318 e. The average Bonchev–Trinajstić information content (AvgIpc) is 2.90. The Bertz CT molecular complexity index is 954. The Kier molecular flexibility index (Phi) is 4.24. The molecule has 25 heavy (non-hydrogen) atoms. The lowest BCUT2D eigenvalue weighted by Crippen LogP contribution is -2.00. The highest BCUT2D eigenvalue weighted by molar-refractivity contribution is 8.04. The number of benzene rings is 2. The van der Waals surface area contributed by atoms with Crippen molar-refractivity contribution in [3.8, 4) is 5.75 Å². The van der Waals surface area contributed by atoms with E-state index in [1.165, 1.54) is 24.9 Å². The van der Waals surface area contributed by atoms with E-state index in [0.29, 0.717) is 10.5 Å². The highest BCUT2D eigenvalue weighted by Crippen LogP contribution is 2.43. The van der Waals surface area contributed by atoms with Gasteiger partial charge in [0.2, 0.25) is 11.5 Å². The van der Waals surface area contributed by atoms with Gasteiger partial charge in [0.15, 0.2) is 0 Å². The monoisotopic (exact) mass is 358 g/mol. The van der Waals surface area contributed by atoms with Crippen LogP contribution in [0.2, 0.25) is 0 Å². The van der Waals surface area contributed by atoms with Crippen molar-refractivity contribution in [2.45, 2.75) is 4.90 Å². The summed E-state index contributed by atoms with van der Waals surface area (Å²) < 4.78 is 5.07. The molecule has 0 fully saturated rings. The van der Waals surface area contributed by atoms with Gasteiger partial charge in [0.05, 0.1) is 27.9 Å². The van der Waals surface area contributed by atoms with Crippen molar-refractivity contribution in [2.24, 2.45) is 0 Å². The second kappa shape index (κ2) is 6.36. The van der Waals surface area contributed by atoms with E-state index in [0.717, 1.165) is 17.0 Å². The summed E-state index contributed by atoms with van der Waals surface area (Å²) in [6.07, 6.45) is 1.38. The number of nitro benzene ring substituents is 2. The Morgan fingerprint density at radius 3 is 2.44 bits per heavy atom. The highest BCUT2D eigenvalue weighted by Gasteiger charge is 2.28. The number of hydrogen-bond donors (Lipinski definition) is 0. The maximum atomic E-state index is 12.4. The van der Waals surface area contributed by atoms with Crippen LogP contribution in [0.1, 0.15) is 15.9 Å². The number of methoxy groups -OCH3 is 1. The van der Waals surface area contributed by atoms with Gasteiger partial charge in [0, 0.05) is 22.1 Å². The minimum Gasteiger partial charge on any atom is -0.490 e. The summed E-state index contributed by atoms with van der Waals surface area (Å²) in [7, 11) is 1.23. The van der Waals surface area contributed by atoms with E-state index in [-0.39, 0.29) is 17.1 Å². The SMILES string of the molecule is COc1c(/C=C2/Sc3ccccc3C2=O)cc([N+](=O)[O-])cc1[N+](=O)[O-]. The molecule has 2 aromatic carbocycles. The fourth-order valence-corrected chi connectivity index (χ4v) is 3.51. The number of carbonyl (C=O) groups excluding carboxylic acids is 1. The third-order valence-electron chi connectivity index (χ3n) is 3.56. The molecule has 0 bridgehead atoms. The van der Waals surface area contributed by atoms with Gasteiger partial charge in [-0.2, -0.15) is 0 Å². The molecule has 0 aromatic heterocycles. The van der Waals surface area contributed by atoms with Crippen LogP contribution < -0.4 is 4.74 Å². The van der Waals surface area contributed by atoms with Crippen LogP contribution in [0.25, 0.3) is 6.08 Å². The minimum atomic E-state index is -0.758. The van der Waals surface area contributed by atoms with Crippen LogP contribution in [0, 0.1) is 20.2 Å². The van der Waals surface area contributed by atoms with E-state index < -0.39 is 21.2 Å². The number of ether oxygens (including phenoxy) is 1. The van der Waals surface area contributed by atoms with Gasteiger partial charge in [-0.1, -0.05) is 23.9 Å². The quantitative estimate of drug-likeness (QED) is 0.463. The molecule has 0 atom stereocenters. The van der Waals surface area contributed by atoms with Crippen molar-refractivity contribution in [3.05, 3.63) is 72.7 Å². The first kappa shape index (κ1) is 16.7. The third-order valence-corrected chi connectivity index (χ3v) is 4.66. The Hall–Kier alpha value is -3.20. The predicted molar refractivity (Wildman–Crippen MR) is 90.9 cm³/mol. The number of carbonyl (C=O) groups is 1. The second-order valence-corrected chi connectivity index (χ2v) is 6.12. The molecule has 2 aromatic rings. The van der Waals surface area contributed by atoms with Crippen molar-refractivity contribution in [1.29, 1.82) is 0 Å². The molecule has 8 nitrogen and oxygen atoms in total. The van der Waals surface area contributed by atoms with E-state index in [9.17, 15) is 25.0 Å². The number of non-ortho nitro benzene ring substituents is 1. The predicted octanol–water partition coefficient (Wildman–Crippen LogP) is 3.84. The molecule has 0 aliphatic carbocycles. The van der Waals surface area contributed by atoms with E-state index in [1.807, 2.05) is 0 Å². The summed E-state index contributed by atoms with van der Waals surface area (Å²) in [5.74, 6) is -0.371. The fourth-order valence-electron chi connectivity index (χ4n) is 2.47. The van der Waals surface area contributed by atoms with Crippen molar-refractivity contribution in [3.63, 3.8) is 0 Å². The minimum absolute atomic E-state index is 0.104. The largest absolute Gasteiger partial charge is 0.490 e. The Morgan fingerprint density at radius 2 is 1.84 bits per heavy atom. The lowest BCUT2D eigenvalue weighted by molar-refractivity contribution is -0.394. The van der Waals surface area contributed by atoms with Gasteiger partial charge < -0.3 is 4.74 Å². The molecular formula is C16H10N2O6S. The number of fused-ring (bicyclic) bond motifs is 1. The summed E-state index contributed by atoms with van der Waals surface area (Å²) in [5.41, 5.74) is -0.353. The zero-order chi connectivity index (χ0) is 18.1. The van der Waals surface area contributed by atoms with Crippen molar-refractivity contribution < 1.29 is 19.4 Å². The van der Waals surface area contributed by atoms with Gasteiger partial charge in [-0.15, -0.1) is 0 Å². The van der Waals surface area contributed by atoms with Crippen LogP contribution >= 0.6 is 11.8 Å². The van der Waals surface area contributed by atoms with Gasteiger partial charge in [-0.25, -0.2) is 0 Å². The molecule has 1 heterocycles. The molecule has 1 aliphatic heterocycles. The fraction of sp³-hybridized carbons (Fsp3) is 0.0625. The first-order valence-electron chi connectivity index (χ1n) is 6.96. The molecule has 0 radical (unpaired) electrons. The van der Waals surface area contributed by atoms with Gasteiger partial charge in [-0.05, 0) is 18.2 Å². The maximum Gasteiger partial charge on any atom is 0.318 e. The summed E-state index contributed by atoms with van der Waals surface area (Å²) in [6, 6.07) is 8.97. The summed E-state index contributed by atoms with van der Waals surface area (Å²) in [6.45, 7) is 0. The second-order valence-electron chi connectivity index (χ2n) is 5.04. The number of nitrogens with zero attached hydrogens (tertiary/aromatic N) is 2. The van der Waals surface area contributed by atoms with Crippen molar-refractivity contribution in [2.75, 3.05) is 7.11 Å². The zero-order valence-electron chi connectivity index (χ0n) is 12.8. The Labute approximate surface area is 145 Å². The molecule has 126 valence electrons. The van der Waals surface area contributed by atoms with Crippen LogP contribution in [0.5, 0.6) is 5.75 Å². The molecule has 0 unspecified atom stereocenters. The number of Topliss-reactive ketones (excluding diaryl/α,β-unsaturated/α-hetero) is 1. The molecule has 0 saturated heterocycles. The highest BCUT2D eigenvalue weighted by atomic mass is 32.2. The molecule has 3 rings (SSSR count). The van der Waals surface area contributed by atoms with Crippen molar-refractivity contribution in [1.82, 2.24) is 0 Å². The Balaban J connectivity index is 2.16. The van der Waals surface area contributed by atoms with Gasteiger partial charge >= 0.3 is 5.69 Å². The first-order chi connectivity index (χ1) is 11.9. The lowest BCUT2D eigenvalue weighted by atomic mass is 10.1. The number of ketones is 1. The maximum absolute atomic E-state index is 12.4. The Morgan fingerprint density at radius 1 is 1.12 bits per heavy atom. The van der Waals surface area contributed by atoms with Crippen LogP contribution in [0.3, 0.4) is 0 Å². The zero-order valence-corrected chi connectivity index (χ0v) is 13.6. The molecule has 1 aliphatic rings. The van der Waals surface area contributed by atoms with E-state index >= 15 is 0 Å². The number of nitro groups is 2. The summed E-state index contributed by atoms with van der Waals surface area (Å²) >= 11 is 1.20. The molecule has 0 N–H and O–H groups in total. The molecule has 0 amide bonds. The van der Waals surface area contributed by atoms with Gasteiger partial charge in [0.25, 0.3) is 5.69 Å². The molecule has 9 heteroatoms. The lowest BCUT2D eigenvalue weighted by Gasteiger charge is -2.06. The summed E-state index contributed by atoms with van der Waals surface area (Å²) in [5, 5.41) is 22.3. The third kappa shape index (κ3) is 2.96.